The molecule has 4 N–H and O–H groups in total. The molecule has 8 unspecified atom stereocenters. The normalized spacial score (nSPS) is 22.6. The van der Waals surface area contributed by atoms with Crippen LogP contribution in [-0.2, 0) is 49.9 Å². The highest BCUT2D eigenvalue weighted by atomic mass is 31.2. The minimum atomic E-state index is -4.91. The number of fused-ring (bicyclic) bond motifs is 1. The first-order valence-electron chi connectivity index (χ1n) is 14.4. The van der Waals surface area contributed by atoms with Gasteiger partial charge in [0.2, 0.25) is 11.9 Å². The molecule has 0 aromatic carbocycles. The van der Waals surface area contributed by atoms with Crippen LogP contribution in [0.4, 0.5) is 5.95 Å². The first kappa shape index (κ1) is 41.9. The molecular weight excluding hydrogens is 760 g/mol. The number of hydrogen-bond acceptors (Lipinski definition) is 16. The predicted octanol–water partition coefficient (Wildman–Crippen LogP) is 3.32. The van der Waals surface area contributed by atoms with Crippen molar-refractivity contribution in [2.45, 2.75) is 77.3 Å². The molecule has 28 heteroatoms. The topological polar surface area (TPSA) is 304 Å². The van der Waals surface area contributed by atoms with Crippen LogP contribution < -0.4 is 10.9 Å². The number of hydrogen-bond donors (Lipinski definition) is 4. The van der Waals surface area contributed by atoms with Crippen LogP contribution in [0.1, 0.15) is 40.8 Å². The molecule has 2 aromatic rings. The fourth-order valence-corrected chi connectivity index (χ4v) is 9.04. The van der Waals surface area contributed by atoms with Gasteiger partial charge in [-0.05, 0) is 26.8 Å². The van der Waals surface area contributed by atoms with Gasteiger partial charge in [-0.3, -0.25) is 33.6 Å². The lowest BCUT2D eigenvalue weighted by Crippen LogP contribution is -2.49. The zero-order valence-electron chi connectivity index (χ0n) is 27.6. The number of carbonyl (C=O) groups excluding carboxylic acids is 1. The van der Waals surface area contributed by atoms with Crippen molar-refractivity contribution in [2.24, 2.45) is 5.92 Å². The molecule has 1 amide bonds. The van der Waals surface area contributed by atoms with Crippen molar-refractivity contribution in [2.75, 3.05) is 11.9 Å². The minimum absolute atomic E-state index is 0.146. The van der Waals surface area contributed by atoms with Crippen molar-refractivity contribution in [3.63, 3.8) is 0 Å². The van der Waals surface area contributed by atoms with Crippen LogP contribution >= 0.6 is 31.5 Å². The highest BCUT2D eigenvalue weighted by Gasteiger charge is 2.56. The molecule has 3 rings (SSSR count). The van der Waals surface area contributed by atoms with E-state index in [-0.39, 0.29) is 17.1 Å². The molecule has 1 fully saturated rings. The predicted molar refractivity (Wildman–Crippen MR) is 178 cm³/mol. The third kappa shape index (κ3) is 10.3. The number of ether oxygens (including phenoxy) is 1. The maximum absolute atomic E-state index is 13.6. The Bertz CT molecular complexity index is 1880. The smallest absolute Gasteiger partial charge is 0.407 e. The third-order valence-corrected chi connectivity index (χ3v) is 16.8. The zero-order valence-corrected chi connectivity index (χ0v) is 32.2. The van der Waals surface area contributed by atoms with Crippen molar-refractivity contribution < 1.29 is 59.7 Å². The summed E-state index contributed by atoms with van der Waals surface area (Å²) in [6.07, 6.45) is -5.01. The Kier molecular flexibility index (Phi) is 13.8. The highest BCUT2D eigenvalue weighted by molar-refractivity contribution is 7.87. The van der Waals surface area contributed by atoms with E-state index in [9.17, 15) is 42.9 Å². The molecule has 0 saturated carbocycles. The fourth-order valence-electron chi connectivity index (χ4n) is 4.11. The summed E-state index contributed by atoms with van der Waals surface area (Å²) in [5.74, 6) is 1.63. The van der Waals surface area contributed by atoms with Crippen LogP contribution in [0.2, 0.25) is 18.1 Å². The number of nitriles is 2. The summed E-state index contributed by atoms with van der Waals surface area (Å²) >= 11 is 0. The second kappa shape index (κ2) is 16.4. The number of rotatable bonds is 16. The molecule has 2 aromatic heterocycles. The lowest BCUT2D eigenvalue weighted by Gasteiger charge is -2.40. The molecule has 2 radical (unpaired) electrons. The quantitative estimate of drug-likeness (QED) is 0.140. The van der Waals surface area contributed by atoms with Crippen LogP contribution in [-0.4, -0.2) is 82.4 Å². The summed E-state index contributed by atoms with van der Waals surface area (Å²) in [6, 6.07) is 0. The van der Waals surface area contributed by atoms with E-state index < -0.39 is 93.3 Å². The van der Waals surface area contributed by atoms with Gasteiger partial charge in [-0.25, -0.2) is 15.5 Å². The zero-order chi connectivity index (χ0) is 37.8. The summed E-state index contributed by atoms with van der Waals surface area (Å²) in [6.45, 7) is 12.3. The fraction of sp³-hybridized carbons (Fsp3) is 0.636. The summed E-state index contributed by atoms with van der Waals surface area (Å²) in [5.41, 5.74) is -1.11. The molecule has 1 aliphatic rings. The van der Waals surface area contributed by atoms with Crippen molar-refractivity contribution in [1.82, 2.24) is 19.5 Å². The average Bonchev–Trinajstić information content (AvgIpc) is 3.51. The summed E-state index contributed by atoms with van der Waals surface area (Å²) in [5, 5.41) is 20.4. The van der Waals surface area contributed by atoms with Crippen LogP contribution in [0.25, 0.3) is 11.2 Å². The van der Waals surface area contributed by atoms with Crippen molar-refractivity contribution in [1.29, 1.82) is 10.5 Å². The molecule has 1 aliphatic heterocycles. The molecule has 50 heavy (non-hydrogen) atoms. The maximum atomic E-state index is 13.6. The summed E-state index contributed by atoms with van der Waals surface area (Å²) in [4.78, 5) is 54.9. The van der Waals surface area contributed by atoms with Crippen molar-refractivity contribution in [3.05, 3.63) is 16.7 Å². The van der Waals surface area contributed by atoms with Gasteiger partial charge in [0, 0.05) is 27.0 Å². The molecule has 0 bridgehead atoms. The van der Waals surface area contributed by atoms with E-state index in [1.165, 1.54) is 16.5 Å². The molecule has 0 aliphatic carbocycles. The van der Waals surface area contributed by atoms with E-state index in [1.54, 1.807) is 13.8 Å². The van der Waals surface area contributed by atoms with Crippen molar-refractivity contribution >= 4 is 76.8 Å². The van der Waals surface area contributed by atoms with Gasteiger partial charge in [-0.1, -0.05) is 34.6 Å². The first-order valence-corrected chi connectivity index (χ1v) is 22.8. The third-order valence-electron chi connectivity index (χ3n) is 7.48. The van der Waals surface area contributed by atoms with Crippen LogP contribution in [0, 0.1) is 28.4 Å². The Morgan fingerprint density at radius 1 is 1.16 bits per heavy atom. The van der Waals surface area contributed by atoms with Gasteiger partial charge in [-0.15, -0.1) is 9.79 Å². The molecule has 3 heterocycles. The van der Waals surface area contributed by atoms with Gasteiger partial charge in [0.25, 0.3) is 5.56 Å². The van der Waals surface area contributed by atoms with Gasteiger partial charge in [0.15, 0.2) is 25.7 Å². The first-order chi connectivity index (χ1) is 23.0. The number of nitrogens with zero attached hydrogens (tertiary/aromatic N) is 5. The molecule has 21 nitrogen and oxygen atoms in total. The van der Waals surface area contributed by atoms with E-state index >= 15 is 0 Å². The minimum Gasteiger partial charge on any atom is -0.407 e. The Morgan fingerprint density at radius 3 is 2.28 bits per heavy atom. The van der Waals surface area contributed by atoms with Crippen LogP contribution in [0.15, 0.2) is 11.1 Å². The molecule has 1 saturated heterocycles. The second-order valence-electron chi connectivity index (χ2n) is 12.4. The van der Waals surface area contributed by atoms with E-state index in [4.69, 9.17) is 23.5 Å². The highest BCUT2D eigenvalue weighted by Crippen LogP contribution is 2.58. The number of anilines is 1. The van der Waals surface area contributed by atoms with Gasteiger partial charge < -0.3 is 18.2 Å². The Morgan fingerprint density at radius 2 is 1.74 bits per heavy atom. The lowest BCUT2D eigenvalue weighted by molar-refractivity contribution is -0.118. The Hall–Kier alpha value is -2.51. The molecule has 0 spiro atoms. The summed E-state index contributed by atoms with van der Waals surface area (Å²) in [7, 11) is -19.7. The van der Waals surface area contributed by atoms with E-state index in [0.717, 1.165) is 6.33 Å². The largest absolute Gasteiger partial charge is 0.702 e. The molecule has 268 valence electrons. The monoisotopic (exact) mass is 793 g/mol. The van der Waals surface area contributed by atoms with Gasteiger partial charge in [-0.2, -0.15) is 4.98 Å². The number of aromatic amines is 1. The molecule has 8 atom stereocenters. The Labute approximate surface area is 289 Å². The number of nitrogens with one attached hydrogen (secondary N) is 2. The van der Waals surface area contributed by atoms with Gasteiger partial charge in [0.05, 0.1) is 12.9 Å². The number of H-pyrrole nitrogens is 1. The maximum Gasteiger partial charge on any atom is 0.702 e. The second-order valence-corrected chi connectivity index (χ2v) is 22.6. The summed E-state index contributed by atoms with van der Waals surface area (Å²) < 4.78 is 83.8. The van der Waals surface area contributed by atoms with E-state index in [2.05, 4.69) is 28.9 Å². The van der Waals surface area contributed by atoms with E-state index in [1.807, 2.05) is 33.9 Å². The van der Waals surface area contributed by atoms with Gasteiger partial charge in [0.1, 0.15) is 18.3 Å². The van der Waals surface area contributed by atoms with E-state index in [0.29, 0.717) is 14.0 Å². The van der Waals surface area contributed by atoms with Crippen molar-refractivity contribution in [3.8, 4) is 11.9 Å². The van der Waals surface area contributed by atoms with Crippen LogP contribution in [0.5, 0.6) is 0 Å². The lowest BCUT2D eigenvalue weighted by atomic mass is 10.1. The molecular formula is C22H33B2N7O14P4Si+2. The number of amides is 1. The number of aromatic nitrogens is 4. The van der Waals surface area contributed by atoms with Gasteiger partial charge >= 0.3 is 45.5 Å². The number of carbonyl (C=O) groups is 1. The standard InChI is InChI=1S/C22H31B2N7O14P4Si/c1-12(2)18(32)29-21-28-17-14(19(33)30-21)27-11-31(17)20-16(43-50(6,7)22(3,4)5)15(42-49(39,24-10-26)45-47(36)37)13(41-20)8-40-48(38,23-9-25)44-46(34)35/h11-13,15-16,20H,8H2,1-7H3,(H2-2,28,29,30,32,33,34,35,36,37)/p+2. The van der Waals surface area contributed by atoms with Crippen LogP contribution in [0.3, 0.4) is 0 Å². The number of imidazole rings is 1. The SMILES string of the molecule is CC(C)C(=O)Nc1nc2c(ncn2C2OC(COP(=O)([B]C#N)O[P+](=O)O)C(OP(=O)([B]C#N)O[P+](=O)O)C2O[Si](C)(C)C(C)(C)C)c(=O)[nH]1. The Balaban J connectivity index is 2.26. The average molecular weight is 793 g/mol.